The van der Waals surface area contributed by atoms with Gasteiger partial charge in [0.2, 0.25) is 0 Å². The maximum absolute atomic E-state index is 5.42. The van der Waals surface area contributed by atoms with Gasteiger partial charge in [-0.15, -0.1) is 0 Å². The van der Waals surface area contributed by atoms with E-state index in [9.17, 15) is 0 Å². The minimum atomic E-state index is 0.374. The molecule has 12 heavy (non-hydrogen) atoms. The standard InChI is InChI=1S/C9H20N2O/c1-8(2)7-12-5-4-11-9(3)6-10/h9,11H,1,4-7,10H2,2-3H3. The number of hydrogen-bond acceptors (Lipinski definition) is 3. The molecule has 0 bridgehead atoms. The molecule has 0 aromatic rings. The van der Waals surface area contributed by atoms with Crippen LogP contribution in [0.15, 0.2) is 12.2 Å². The van der Waals surface area contributed by atoms with Crippen LogP contribution in [-0.4, -0.2) is 32.3 Å². The number of rotatable bonds is 7. The summed E-state index contributed by atoms with van der Waals surface area (Å²) in [6.45, 7) is 10.6. The van der Waals surface area contributed by atoms with Crippen LogP contribution in [0, 0.1) is 0 Å². The zero-order chi connectivity index (χ0) is 9.40. The molecule has 0 aliphatic carbocycles. The Morgan fingerprint density at radius 1 is 1.67 bits per heavy atom. The Bertz CT molecular complexity index is 126. The summed E-state index contributed by atoms with van der Waals surface area (Å²) in [5, 5.41) is 3.23. The lowest BCUT2D eigenvalue weighted by Crippen LogP contribution is -2.35. The molecule has 0 aliphatic rings. The van der Waals surface area contributed by atoms with Gasteiger partial charge in [-0.3, -0.25) is 0 Å². The van der Waals surface area contributed by atoms with E-state index in [1.54, 1.807) is 0 Å². The van der Waals surface area contributed by atoms with Gasteiger partial charge in [0.25, 0.3) is 0 Å². The second-order valence-corrected chi connectivity index (χ2v) is 3.10. The Morgan fingerprint density at radius 2 is 2.33 bits per heavy atom. The highest BCUT2D eigenvalue weighted by molar-refractivity contribution is 4.87. The highest BCUT2D eigenvalue weighted by Gasteiger charge is 1.95. The molecule has 0 saturated carbocycles. The molecule has 0 radical (unpaired) electrons. The largest absolute Gasteiger partial charge is 0.376 e. The molecule has 72 valence electrons. The minimum absolute atomic E-state index is 0.374. The molecule has 0 saturated heterocycles. The topological polar surface area (TPSA) is 47.3 Å². The van der Waals surface area contributed by atoms with Crippen LogP contribution in [-0.2, 0) is 4.74 Å². The van der Waals surface area contributed by atoms with Crippen molar-refractivity contribution in [3.8, 4) is 0 Å². The summed E-state index contributed by atoms with van der Waals surface area (Å²) in [5.41, 5.74) is 6.47. The van der Waals surface area contributed by atoms with Gasteiger partial charge in [0.1, 0.15) is 0 Å². The van der Waals surface area contributed by atoms with Gasteiger partial charge in [-0.1, -0.05) is 12.2 Å². The van der Waals surface area contributed by atoms with Crippen molar-refractivity contribution in [3.63, 3.8) is 0 Å². The second-order valence-electron chi connectivity index (χ2n) is 3.10. The van der Waals surface area contributed by atoms with Gasteiger partial charge in [-0.2, -0.15) is 0 Å². The number of ether oxygens (including phenoxy) is 1. The Kier molecular flexibility index (Phi) is 7.05. The third-order valence-corrected chi connectivity index (χ3v) is 1.44. The number of nitrogens with two attached hydrogens (primary N) is 1. The second kappa shape index (κ2) is 7.28. The van der Waals surface area contributed by atoms with Crippen molar-refractivity contribution in [1.29, 1.82) is 0 Å². The average molecular weight is 172 g/mol. The molecule has 0 aromatic heterocycles. The first-order valence-corrected chi connectivity index (χ1v) is 4.32. The summed E-state index contributed by atoms with van der Waals surface area (Å²) in [7, 11) is 0. The summed E-state index contributed by atoms with van der Waals surface area (Å²) in [5.74, 6) is 0. The Morgan fingerprint density at radius 3 is 2.83 bits per heavy atom. The van der Waals surface area contributed by atoms with Crippen LogP contribution < -0.4 is 11.1 Å². The van der Waals surface area contributed by atoms with E-state index in [2.05, 4.69) is 18.8 Å². The number of hydrogen-bond donors (Lipinski definition) is 2. The normalized spacial score (nSPS) is 12.9. The molecule has 3 N–H and O–H groups in total. The van der Waals surface area contributed by atoms with Crippen molar-refractivity contribution < 1.29 is 4.74 Å². The maximum atomic E-state index is 5.42. The van der Waals surface area contributed by atoms with Crippen LogP contribution in [0.2, 0.25) is 0 Å². The molecule has 0 spiro atoms. The summed E-state index contributed by atoms with van der Waals surface area (Å²) in [6.07, 6.45) is 0. The highest BCUT2D eigenvalue weighted by atomic mass is 16.5. The molecular weight excluding hydrogens is 152 g/mol. The first-order valence-electron chi connectivity index (χ1n) is 4.32. The lowest BCUT2D eigenvalue weighted by Gasteiger charge is -2.10. The van der Waals surface area contributed by atoms with E-state index in [-0.39, 0.29) is 0 Å². The van der Waals surface area contributed by atoms with Crippen LogP contribution in [0.3, 0.4) is 0 Å². The van der Waals surface area contributed by atoms with Gasteiger partial charge in [-0.05, 0) is 13.8 Å². The monoisotopic (exact) mass is 172 g/mol. The summed E-state index contributed by atoms with van der Waals surface area (Å²) >= 11 is 0. The quantitative estimate of drug-likeness (QED) is 0.434. The maximum Gasteiger partial charge on any atom is 0.0672 e. The van der Waals surface area contributed by atoms with E-state index in [4.69, 9.17) is 10.5 Å². The molecule has 1 atom stereocenters. The van der Waals surface area contributed by atoms with Crippen LogP contribution >= 0.6 is 0 Å². The predicted molar refractivity (Wildman–Crippen MR) is 52.2 cm³/mol. The van der Waals surface area contributed by atoms with Crippen LogP contribution in [0.5, 0.6) is 0 Å². The van der Waals surface area contributed by atoms with Crippen molar-refractivity contribution in [2.24, 2.45) is 5.73 Å². The van der Waals surface area contributed by atoms with E-state index in [1.165, 1.54) is 0 Å². The molecule has 3 nitrogen and oxygen atoms in total. The lowest BCUT2D eigenvalue weighted by molar-refractivity contribution is 0.156. The fourth-order valence-electron chi connectivity index (χ4n) is 0.707. The van der Waals surface area contributed by atoms with Crippen molar-refractivity contribution in [2.45, 2.75) is 19.9 Å². The SMILES string of the molecule is C=C(C)COCCNC(C)CN. The Hall–Kier alpha value is -0.380. The summed E-state index contributed by atoms with van der Waals surface area (Å²) in [6, 6.07) is 0.374. The van der Waals surface area contributed by atoms with Gasteiger partial charge >= 0.3 is 0 Å². The molecule has 0 fully saturated rings. The Labute approximate surface area is 75.0 Å². The third kappa shape index (κ3) is 7.72. The van der Waals surface area contributed by atoms with Crippen molar-refractivity contribution in [2.75, 3.05) is 26.3 Å². The van der Waals surface area contributed by atoms with E-state index < -0.39 is 0 Å². The smallest absolute Gasteiger partial charge is 0.0672 e. The summed E-state index contributed by atoms with van der Waals surface area (Å²) < 4.78 is 5.29. The van der Waals surface area contributed by atoms with E-state index in [1.807, 2.05) is 6.92 Å². The highest BCUT2D eigenvalue weighted by Crippen LogP contribution is 1.86. The Balaban J connectivity index is 3.05. The van der Waals surface area contributed by atoms with Crippen LogP contribution in [0.25, 0.3) is 0 Å². The van der Waals surface area contributed by atoms with Crippen molar-refractivity contribution in [1.82, 2.24) is 5.32 Å². The average Bonchev–Trinajstić information content (AvgIpc) is 2.03. The van der Waals surface area contributed by atoms with E-state index in [0.717, 1.165) is 18.7 Å². The van der Waals surface area contributed by atoms with Crippen molar-refractivity contribution >= 4 is 0 Å². The first kappa shape index (κ1) is 11.6. The molecule has 0 aromatic carbocycles. The lowest BCUT2D eigenvalue weighted by atomic mass is 10.3. The van der Waals surface area contributed by atoms with Gasteiger partial charge in [0.15, 0.2) is 0 Å². The zero-order valence-electron chi connectivity index (χ0n) is 8.10. The fourth-order valence-corrected chi connectivity index (χ4v) is 0.707. The first-order chi connectivity index (χ1) is 5.66. The van der Waals surface area contributed by atoms with Crippen LogP contribution in [0.4, 0.5) is 0 Å². The molecule has 0 rings (SSSR count). The van der Waals surface area contributed by atoms with E-state index in [0.29, 0.717) is 19.2 Å². The number of nitrogens with one attached hydrogen (secondary N) is 1. The van der Waals surface area contributed by atoms with Gasteiger partial charge in [0.05, 0.1) is 13.2 Å². The molecule has 3 heteroatoms. The van der Waals surface area contributed by atoms with Crippen LogP contribution in [0.1, 0.15) is 13.8 Å². The molecule has 0 heterocycles. The zero-order valence-corrected chi connectivity index (χ0v) is 8.10. The minimum Gasteiger partial charge on any atom is -0.376 e. The molecule has 0 aliphatic heterocycles. The third-order valence-electron chi connectivity index (χ3n) is 1.44. The van der Waals surface area contributed by atoms with Crippen molar-refractivity contribution in [3.05, 3.63) is 12.2 Å². The predicted octanol–water partition coefficient (Wildman–Crippen LogP) is 0.516. The van der Waals surface area contributed by atoms with Gasteiger partial charge in [-0.25, -0.2) is 0 Å². The summed E-state index contributed by atoms with van der Waals surface area (Å²) in [4.78, 5) is 0. The molecule has 1 unspecified atom stereocenters. The van der Waals surface area contributed by atoms with Gasteiger partial charge in [0, 0.05) is 19.1 Å². The fraction of sp³-hybridized carbons (Fsp3) is 0.778. The molecular formula is C9H20N2O. The van der Waals surface area contributed by atoms with E-state index >= 15 is 0 Å². The van der Waals surface area contributed by atoms with Gasteiger partial charge < -0.3 is 15.8 Å². The molecule has 0 amide bonds.